The molecule has 0 saturated heterocycles. The van der Waals surface area contributed by atoms with Crippen LogP contribution in [0.2, 0.25) is 5.02 Å². The van der Waals surface area contributed by atoms with E-state index in [1.165, 1.54) is 11.1 Å². The second kappa shape index (κ2) is 8.73. The summed E-state index contributed by atoms with van der Waals surface area (Å²) in [6.07, 6.45) is 5.00. The predicted octanol–water partition coefficient (Wildman–Crippen LogP) is 6.03. The van der Waals surface area contributed by atoms with Crippen LogP contribution in [0.5, 0.6) is 0 Å². The van der Waals surface area contributed by atoms with Gasteiger partial charge in [-0.15, -0.1) is 0 Å². The fourth-order valence-corrected chi connectivity index (χ4v) is 4.26. The number of halogens is 1. The Morgan fingerprint density at radius 1 is 1.12 bits per heavy atom. The SMILES string of the molecule is CCCC[C@@H](CC)C(=O)N1CCc2ccccc2[C@@H]1c1ccccc1Cl. The van der Waals surface area contributed by atoms with Crippen LogP contribution in [-0.4, -0.2) is 17.4 Å². The molecule has 0 spiro atoms. The molecule has 1 amide bonds. The molecule has 0 N–H and O–H groups in total. The molecule has 0 fully saturated rings. The lowest BCUT2D eigenvalue weighted by molar-refractivity contribution is -0.138. The Balaban J connectivity index is 2.01. The fraction of sp³-hybridized carbons (Fsp3) is 0.435. The average molecular weight is 370 g/mol. The maximum absolute atomic E-state index is 13.4. The van der Waals surface area contributed by atoms with E-state index in [4.69, 9.17) is 11.6 Å². The monoisotopic (exact) mass is 369 g/mol. The molecule has 1 heterocycles. The first-order chi connectivity index (χ1) is 12.7. The van der Waals surface area contributed by atoms with Crippen LogP contribution in [-0.2, 0) is 11.2 Å². The third-order valence-corrected chi connectivity index (χ3v) is 5.86. The Labute approximate surface area is 162 Å². The molecule has 0 aromatic heterocycles. The van der Waals surface area contributed by atoms with Crippen molar-refractivity contribution in [2.75, 3.05) is 6.54 Å². The minimum Gasteiger partial charge on any atom is -0.331 e. The van der Waals surface area contributed by atoms with E-state index in [9.17, 15) is 4.79 Å². The Hall–Kier alpha value is -1.80. The maximum Gasteiger partial charge on any atom is 0.226 e. The number of carbonyl (C=O) groups is 1. The average Bonchev–Trinajstić information content (AvgIpc) is 2.68. The van der Waals surface area contributed by atoms with Gasteiger partial charge in [0, 0.05) is 17.5 Å². The highest BCUT2D eigenvalue weighted by Gasteiger charge is 2.35. The van der Waals surface area contributed by atoms with Gasteiger partial charge in [-0.3, -0.25) is 4.79 Å². The van der Waals surface area contributed by atoms with Crippen molar-refractivity contribution in [3.8, 4) is 0 Å². The fourth-order valence-electron chi connectivity index (χ4n) is 4.02. The van der Waals surface area contributed by atoms with Gasteiger partial charge >= 0.3 is 0 Å². The Kier molecular flexibility index (Phi) is 6.37. The van der Waals surface area contributed by atoms with Crippen LogP contribution in [0.15, 0.2) is 48.5 Å². The van der Waals surface area contributed by atoms with Gasteiger partial charge in [0.1, 0.15) is 0 Å². The predicted molar refractivity (Wildman–Crippen MR) is 108 cm³/mol. The summed E-state index contributed by atoms with van der Waals surface area (Å²) in [4.78, 5) is 15.5. The zero-order valence-corrected chi connectivity index (χ0v) is 16.5. The van der Waals surface area contributed by atoms with E-state index in [0.717, 1.165) is 49.2 Å². The van der Waals surface area contributed by atoms with Crippen molar-refractivity contribution >= 4 is 17.5 Å². The van der Waals surface area contributed by atoms with Gasteiger partial charge in [-0.25, -0.2) is 0 Å². The lowest BCUT2D eigenvalue weighted by Crippen LogP contribution is -2.43. The number of unbranched alkanes of at least 4 members (excludes halogenated alkanes) is 1. The number of hydrogen-bond donors (Lipinski definition) is 0. The van der Waals surface area contributed by atoms with E-state index >= 15 is 0 Å². The molecule has 3 rings (SSSR count). The molecule has 0 bridgehead atoms. The zero-order chi connectivity index (χ0) is 18.5. The number of benzene rings is 2. The number of nitrogens with zero attached hydrogens (tertiary/aromatic N) is 1. The van der Waals surface area contributed by atoms with E-state index < -0.39 is 0 Å². The van der Waals surface area contributed by atoms with Gasteiger partial charge in [0.25, 0.3) is 0 Å². The maximum atomic E-state index is 13.4. The highest BCUT2D eigenvalue weighted by Crippen LogP contribution is 2.39. The number of amides is 1. The van der Waals surface area contributed by atoms with Crippen LogP contribution in [0.3, 0.4) is 0 Å². The van der Waals surface area contributed by atoms with Gasteiger partial charge < -0.3 is 4.90 Å². The smallest absolute Gasteiger partial charge is 0.226 e. The number of carbonyl (C=O) groups excluding carboxylic acids is 1. The summed E-state index contributed by atoms with van der Waals surface area (Å²) < 4.78 is 0. The first-order valence-corrected chi connectivity index (χ1v) is 10.2. The summed E-state index contributed by atoms with van der Waals surface area (Å²) >= 11 is 6.55. The molecule has 2 atom stereocenters. The topological polar surface area (TPSA) is 20.3 Å². The summed E-state index contributed by atoms with van der Waals surface area (Å²) in [5.41, 5.74) is 3.56. The highest BCUT2D eigenvalue weighted by atomic mass is 35.5. The summed E-state index contributed by atoms with van der Waals surface area (Å²) in [5, 5.41) is 0.730. The first-order valence-electron chi connectivity index (χ1n) is 9.80. The van der Waals surface area contributed by atoms with Crippen molar-refractivity contribution in [3.05, 3.63) is 70.2 Å². The normalized spacial score (nSPS) is 17.7. The van der Waals surface area contributed by atoms with Gasteiger partial charge in [-0.05, 0) is 42.0 Å². The number of hydrogen-bond acceptors (Lipinski definition) is 1. The van der Waals surface area contributed by atoms with E-state index in [2.05, 4.69) is 49.1 Å². The van der Waals surface area contributed by atoms with Gasteiger partial charge in [-0.1, -0.05) is 80.8 Å². The molecule has 0 aliphatic carbocycles. The summed E-state index contributed by atoms with van der Waals surface area (Å²) in [6.45, 7) is 5.07. The van der Waals surface area contributed by atoms with Crippen molar-refractivity contribution in [2.24, 2.45) is 5.92 Å². The van der Waals surface area contributed by atoms with Gasteiger partial charge in [0.05, 0.1) is 6.04 Å². The van der Waals surface area contributed by atoms with Gasteiger partial charge in [0.2, 0.25) is 5.91 Å². The molecular formula is C23H28ClNO. The largest absolute Gasteiger partial charge is 0.331 e. The van der Waals surface area contributed by atoms with Crippen LogP contribution in [0.1, 0.15) is 62.3 Å². The van der Waals surface area contributed by atoms with Gasteiger partial charge in [0.15, 0.2) is 0 Å². The number of fused-ring (bicyclic) bond motifs is 1. The molecule has 3 heteroatoms. The van der Waals surface area contributed by atoms with E-state index in [1.54, 1.807) is 0 Å². The zero-order valence-electron chi connectivity index (χ0n) is 15.7. The molecule has 0 unspecified atom stereocenters. The number of rotatable bonds is 6. The summed E-state index contributed by atoms with van der Waals surface area (Å²) in [5.74, 6) is 0.380. The third kappa shape index (κ3) is 3.81. The molecule has 2 aromatic rings. The molecular weight excluding hydrogens is 342 g/mol. The molecule has 1 aliphatic rings. The molecule has 26 heavy (non-hydrogen) atoms. The van der Waals surface area contributed by atoms with Crippen LogP contribution < -0.4 is 0 Å². The van der Waals surface area contributed by atoms with E-state index in [1.807, 2.05) is 18.2 Å². The van der Waals surface area contributed by atoms with Crippen molar-refractivity contribution in [1.29, 1.82) is 0 Å². The molecule has 2 aromatic carbocycles. The minimum absolute atomic E-state index is 0.0863. The Bertz CT molecular complexity index is 757. The van der Waals surface area contributed by atoms with Crippen molar-refractivity contribution < 1.29 is 4.79 Å². The standard InChI is InChI=1S/C23H28ClNO/c1-3-5-10-17(4-2)23(26)25-16-15-18-11-6-7-12-19(18)22(25)20-13-8-9-14-21(20)24/h6-9,11-14,17,22H,3-5,10,15-16H2,1-2H3/t17-,22-/m1/s1. The second-order valence-electron chi connectivity index (χ2n) is 7.15. The highest BCUT2D eigenvalue weighted by molar-refractivity contribution is 6.31. The van der Waals surface area contributed by atoms with Crippen molar-refractivity contribution in [2.45, 2.75) is 52.0 Å². The van der Waals surface area contributed by atoms with Crippen molar-refractivity contribution in [1.82, 2.24) is 4.90 Å². The summed E-state index contributed by atoms with van der Waals surface area (Å²) in [6, 6.07) is 16.3. The van der Waals surface area contributed by atoms with E-state index in [0.29, 0.717) is 0 Å². The van der Waals surface area contributed by atoms with Crippen LogP contribution in [0.25, 0.3) is 0 Å². The Morgan fingerprint density at radius 3 is 2.50 bits per heavy atom. The molecule has 0 saturated carbocycles. The van der Waals surface area contributed by atoms with Gasteiger partial charge in [-0.2, -0.15) is 0 Å². The first kappa shape index (κ1) is 19.0. The van der Waals surface area contributed by atoms with E-state index in [-0.39, 0.29) is 17.9 Å². The minimum atomic E-state index is -0.0863. The second-order valence-corrected chi connectivity index (χ2v) is 7.56. The molecule has 1 aliphatic heterocycles. The lowest BCUT2D eigenvalue weighted by atomic mass is 9.86. The Morgan fingerprint density at radius 2 is 1.81 bits per heavy atom. The third-order valence-electron chi connectivity index (χ3n) is 5.51. The lowest BCUT2D eigenvalue weighted by Gasteiger charge is -2.40. The molecule has 138 valence electrons. The molecule has 2 nitrogen and oxygen atoms in total. The van der Waals surface area contributed by atoms with Crippen LogP contribution >= 0.6 is 11.6 Å². The van der Waals surface area contributed by atoms with Crippen LogP contribution in [0, 0.1) is 5.92 Å². The van der Waals surface area contributed by atoms with Crippen LogP contribution in [0.4, 0.5) is 0 Å². The molecule has 0 radical (unpaired) electrons. The summed E-state index contributed by atoms with van der Waals surface area (Å²) in [7, 11) is 0. The quantitative estimate of drug-likeness (QED) is 0.608. The van der Waals surface area contributed by atoms with Crippen molar-refractivity contribution in [3.63, 3.8) is 0 Å².